The minimum atomic E-state index is 0.0950. The summed E-state index contributed by atoms with van der Waals surface area (Å²) in [6.07, 6.45) is 3.97. The predicted octanol–water partition coefficient (Wildman–Crippen LogP) is 3.49. The van der Waals surface area contributed by atoms with E-state index in [9.17, 15) is 4.79 Å². The molecule has 2 aliphatic rings. The second-order valence-corrected chi connectivity index (χ2v) is 8.53. The number of aromatic nitrogens is 1. The summed E-state index contributed by atoms with van der Waals surface area (Å²) < 4.78 is 5.46. The second kappa shape index (κ2) is 9.59. The van der Waals surface area contributed by atoms with Crippen molar-refractivity contribution in [3.63, 3.8) is 0 Å². The molecule has 0 radical (unpaired) electrons. The zero-order valence-electron chi connectivity index (χ0n) is 17.2. The number of benzene rings is 1. The van der Waals surface area contributed by atoms with E-state index in [1.807, 2.05) is 36.1 Å². The molecule has 4 rings (SSSR count). The van der Waals surface area contributed by atoms with Crippen LogP contribution in [0.1, 0.15) is 42.2 Å². The molecule has 2 aliphatic heterocycles. The van der Waals surface area contributed by atoms with Crippen LogP contribution in [0.2, 0.25) is 0 Å². The van der Waals surface area contributed by atoms with Gasteiger partial charge in [0.05, 0.1) is 12.3 Å². The SMILES string of the molecule is CCOc1ccc(C(=O)N2CCN(c3nc(CN4CCCCC4)cs3)CC2)cc1. The van der Waals surface area contributed by atoms with Crippen molar-refractivity contribution >= 4 is 22.4 Å². The molecule has 0 unspecified atom stereocenters. The standard InChI is InChI=1S/C22H30N4O2S/c1-2-28-20-8-6-18(7-9-20)21(27)25-12-14-26(15-13-25)22-23-19(17-29-22)16-24-10-4-3-5-11-24/h6-9,17H,2-5,10-16H2,1H3. The molecule has 2 saturated heterocycles. The number of hydrogen-bond donors (Lipinski definition) is 0. The Morgan fingerprint density at radius 1 is 1.03 bits per heavy atom. The van der Waals surface area contributed by atoms with Crippen LogP contribution in [-0.2, 0) is 6.54 Å². The molecular weight excluding hydrogens is 384 g/mol. The van der Waals surface area contributed by atoms with Gasteiger partial charge in [-0.2, -0.15) is 0 Å². The number of piperidine rings is 1. The van der Waals surface area contributed by atoms with Crippen LogP contribution in [0.3, 0.4) is 0 Å². The van der Waals surface area contributed by atoms with Crippen LogP contribution in [0.25, 0.3) is 0 Å². The average molecular weight is 415 g/mol. The first-order valence-corrected chi connectivity index (χ1v) is 11.5. The van der Waals surface area contributed by atoms with E-state index in [0.29, 0.717) is 6.61 Å². The van der Waals surface area contributed by atoms with Crippen LogP contribution < -0.4 is 9.64 Å². The summed E-state index contributed by atoms with van der Waals surface area (Å²) in [6, 6.07) is 7.44. The molecule has 2 aromatic rings. The number of amides is 1. The molecule has 0 bridgehead atoms. The van der Waals surface area contributed by atoms with E-state index in [2.05, 4.69) is 15.2 Å². The van der Waals surface area contributed by atoms with E-state index in [-0.39, 0.29) is 5.91 Å². The zero-order valence-corrected chi connectivity index (χ0v) is 18.0. The van der Waals surface area contributed by atoms with Crippen LogP contribution >= 0.6 is 11.3 Å². The zero-order chi connectivity index (χ0) is 20.1. The fourth-order valence-electron chi connectivity index (χ4n) is 4.00. The lowest BCUT2D eigenvalue weighted by Gasteiger charge is -2.34. The number of anilines is 1. The van der Waals surface area contributed by atoms with Crippen molar-refractivity contribution in [3.8, 4) is 5.75 Å². The lowest BCUT2D eigenvalue weighted by atomic mass is 10.1. The van der Waals surface area contributed by atoms with E-state index < -0.39 is 0 Å². The van der Waals surface area contributed by atoms with Gasteiger partial charge in [0.15, 0.2) is 5.13 Å². The number of likely N-dealkylation sites (tertiary alicyclic amines) is 1. The van der Waals surface area contributed by atoms with Gasteiger partial charge in [-0.3, -0.25) is 9.69 Å². The Labute approximate surface area is 177 Å². The Hall–Kier alpha value is -2.12. The summed E-state index contributed by atoms with van der Waals surface area (Å²) in [6.45, 7) is 9.06. The van der Waals surface area contributed by atoms with Crippen molar-refractivity contribution in [2.24, 2.45) is 0 Å². The highest BCUT2D eigenvalue weighted by atomic mass is 32.1. The average Bonchev–Trinajstić information content (AvgIpc) is 3.23. The lowest BCUT2D eigenvalue weighted by Crippen LogP contribution is -2.48. The smallest absolute Gasteiger partial charge is 0.253 e. The summed E-state index contributed by atoms with van der Waals surface area (Å²) in [5.41, 5.74) is 1.90. The van der Waals surface area contributed by atoms with Crippen LogP contribution in [0.15, 0.2) is 29.6 Å². The molecule has 1 aromatic heterocycles. The van der Waals surface area contributed by atoms with Crippen LogP contribution in [0.4, 0.5) is 5.13 Å². The van der Waals surface area contributed by atoms with Crippen molar-refractivity contribution in [1.82, 2.24) is 14.8 Å². The molecule has 156 valence electrons. The number of rotatable bonds is 6. The summed E-state index contributed by atoms with van der Waals surface area (Å²) in [5.74, 6) is 0.899. The third kappa shape index (κ3) is 5.08. The highest BCUT2D eigenvalue weighted by Crippen LogP contribution is 2.24. The van der Waals surface area contributed by atoms with Crippen molar-refractivity contribution in [2.45, 2.75) is 32.7 Å². The molecule has 29 heavy (non-hydrogen) atoms. The number of nitrogens with zero attached hydrogens (tertiary/aromatic N) is 4. The molecule has 3 heterocycles. The summed E-state index contributed by atoms with van der Waals surface area (Å²) in [4.78, 5) is 24.4. The maximum atomic E-state index is 12.8. The van der Waals surface area contributed by atoms with Gasteiger partial charge in [-0.1, -0.05) is 6.42 Å². The number of ether oxygens (including phenoxy) is 1. The number of thiazole rings is 1. The van der Waals surface area contributed by atoms with E-state index in [1.165, 1.54) is 38.0 Å². The van der Waals surface area contributed by atoms with Gasteiger partial charge in [0.1, 0.15) is 5.75 Å². The molecule has 1 aromatic carbocycles. The highest BCUT2D eigenvalue weighted by molar-refractivity contribution is 7.13. The van der Waals surface area contributed by atoms with Gasteiger partial charge >= 0.3 is 0 Å². The van der Waals surface area contributed by atoms with Crippen LogP contribution in [0.5, 0.6) is 5.75 Å². The third-order valence-electron chi connectivity index (χ3n) is 5.62. The first-order chi connectivity index (χ1) is 14.2. The van der Waals surface area contributed by atoms with Gasteiger partial charge in [0.2, 0.25) is 0 Å². The minimum absolute atomic E-state index is 0.0950. The normalized spacial score (nSPS) is 18.1. The largest absolute Gasteiger partial charge is 0.494 e. The third-order valence-corrected chi connectivity index (χ3v) is 6.57. The van der Waals surface area contributed by atoms with Crippen LogP contribution in [0, 0.1) is 0 Å². The first kappa shape index (κ1) is 20.2. The maximum absolute atomic E-state index is 12.8. The number of carbonyl (C=O) groups is 1. The fraction of sp³-hybridized carbons (Fsp3) is 0.545. The Morgan fingerprint density at radius 2 is 1.76 bits per heavy atom. The highest BCUT2D eigenvalue weighted by Gasteiger charge is 2.24. The van der Waals surface area contributed by atoms with Gasteiger partial charge in [-0.15, -0.1) is 11.3 Å². The molecule has 0 N–H and O–H groups in total. The molecular formula is C22H30N4O2S. The molecule has 6 nitrogen and oxygen atoms in total. The summed E-state index contributed by atoms with van der Waals surface area (Å²) >= 11 is 1.73. The topological polar surface area (TPSA) is 48.9 Å². The fourth-order valence-corrected chi connectivity index (χ4v) is 4.87. The Bertz CT molecular complexity index is 793. The predicted molar refractivity (Wildman–Crippen MR) is 117 cm³/mol. The number of carbonyl (C=O) groups excluding carboxylic acids is 1. The second-order valence-electron chi connectivity index (χ2n) is 7.69. The van der Waals surface area contributed by atoms with E-state index >= 15 is 0 Å². The summed E-state index contributed by atoms with van der Waals surface area (Å²) in [7, 11) is 0. The molecule has 0 aliphatic carbocycles. The monoisotopic (exact) mass is 414 g/mol. The molecule has 1 amide bonds. The van der Waals surface area contributed by atoms with Crippen molar-refractivity contribution in [1.29, 1.82) is 0 Å². The number of piperazine rings is 1. The minimum Gasteiger partial charge on any atom is -0.494 e. The summed E-state index contributed by atoms with van der Waals surface area (Å²) in [5, 5.41) is 3.28. The van der Waals surface area contributed by atoms with Gasteiger partial charge in [0.25, 0.3) is 5.91 Å². The van der Waals surface area contributed by atoms with Gasteiger partial charge in [-0.05, 0) is 57.1 Å². The molecule has 0 spiro atoms. The number of hydrogen-bond acceptors (Lipinski definition) is 6. The van der Waals surface area contributed by atoms with E-state index in [4.69, 9.17) is 9.72 Å². The van der Waals surface area contributed by atoms with Gasteiger partial charge < -0.3 is 14.5 Å². The first-order valence-electron chi connectivity index (χ1n) is 10.7. The van der Waals surface area contributed by atoms with Gasteiger partial charge in [-0.25, -0.2) is 4.98 Å². The van der Waals surface area contributed by atoms with Gasteiger partial charge in [0, 0.05) is 43.7 Å². The van der Waals surface area contributed by atoms with Crippen molar-refractivity contribution in [3.05, 3.63) is 40.9 Å². The van der Waals surface area contributed by atoms with E-state index in [1.54, 1.807) is 11.3 Å². The maximum Gasteiger partial charge on any atom is 0.253 e. The quantitative estimate of drug-likeness (QED) is 0.724. The molecule has 0 atom stereocenters. The Balaban J connectivity index is 1.29. The molecule has 7 heteroatoms. The molecule has 0 saturated carbocycles. The van der Waals surface area contributed by atoms with Crippen molar-refractivity contribution < 1.29 is 9.53 Å². The van der Waals surface area contributed by atoms with Crippen molar-refractivity contribution in [2.75, 3.05) is 50.8 Å². The lowest BCUT2D eigenvalue weighted by molar-refractivity contribution is 0.0746. The van der Waals surface area contributed by atoms with Crippen LogP contribution in [-0.4, -0.2) is 66.6 Å². The van der Waals surface area contributed by atoms with E-state index in [0.717, 1.165) is 49.2 Å². The Kier molecular flexibility index (Phi) is 6.67. The Morgan fingerprint density at radius 3 is 2.45 bits per heavy atom. The molecule has 2 fully saturated rings.